The van der Waals surface area contributed by atoms with Crippen molar-refractivity contribution in [3.63, 3.8) is 0 Å². The third kappa shape index (κ3) is 3.79. The zero-order valence-electron chi connectivity index (χ0n) is 14.6. The zero-order chi connectivity index (χ0) is 18.5. The Morgan fingerprint density at radius 2 is 1.69 bits per heavy atom. The molecule has 0 N–H and O–H groups in total. The molecule has 1 amide bonds. The van der Waals surface area contributed by atoms with Crippen LogP contribution < -0.4 is 0 Å². The SMILES string of the molecule is COC(=O)c1ccc(C(=O)N2CCC(C(=O)c3ccccc3)CC2)nc1. The highest BCUT2D eigenvalue weighted by Gasteiger charge is 2.28. The fourth-order valence-electron chi connectivity index (χ4n) is 3.10. The Kier molecular flexibility index (Phi) is 5.41. The molecular weight excluding hydrogens is 332 g/mol. The summed E-state index contributed by atoms with van der Waals surface area (Å²) in [6.45, 7) is 1.03. The van der Waals surface area contributed by atoms with E-state index in [2.05, 4.69) is 9.72 Å². The van der Waals surface area contributed by atoms with Gasteiger partial charge >= 0.3 is 5.97 Å². The van der Waals surface area contributed by atoms with Crippen LogP contribution in [0.2, 0.25) is 0 Å². The first-order valence-corrected chi connectivity index (χ1v) is 8.53. The van der Waals surface area contributed by atoms with E-state index in [0.29, 0.717) is 31.5 Å². The van der Waals surface area contributed by atoms with Gasteiger partial charge in [0.25, 0.3) is 5.91 Å². The molecule has 1 aromatic heterocycles. The molecule has 1 saturated heterocycles. The first-order chi connectivity index (χ1) is 12.6. The minimum absolute atomic E-state index is 0.0592. The van der Waals surface area contributed by atoms with E-state index in [-0.39, 0.29) is 23.3 Å². The second-order valence-electron chi connectivity index (χ2n) is 6.22. The molecule has 1 aromatic carbocycles. The maximum atomic E-state index is 12.6. The Hall–Kier alpha value is -3.02. The number of esters is 1. The number of amides is 1. The second-order valence-corrected chi connectivity index (χ2v) is 6.22. The Morgan fingerprint density at radius 3 is 2.27 bits per heavy atom. The predicted molar refractivity (Wildman–Crippen MR) is 95.0 cm³/mol. The topological polar surface area (TPSA) is 76.6 Å². The van der Waals surface area contributed by atoms with Crippen molar-refractivity contribution in [2.45, 2.75) is 12.8 Å². The van der Waals surface area contributed by atoms with E-state index in [4.69, 9.17) is 0 Å². The summed E-state index contributed by atoms with van der Waals surface area (Å²) in [7, 11) is 1.29. The van der Waals surface area contributed by atoms with Gasteiger partial charge in [0.1, 0.15) is 5.69 Å². The molecule has 1 aliphatic heterocycles. The number of ether oxygens (including phenoxy) is 1. The van der Waals surface area contributed by atoms with Gasteiger partial charge in [0.2, 0.25) is 0 Å². The highest BCUT2D eigenvalue weighted by Crippen LogP contribution is 2.22. The molecule has 0 saturated carbocycles. The molecule has 0 atom stereocenters. The Balaban J connectivity index is 1.60. The zero-order valence-corrected chi connectivity index (χ0v) is 14.6. The van der Waals surface area contributed by atoms with E-state index in [1.807, 2.05) is 30.3 Å². The van der Waals surface area contributed by atoms with E-state index in [1.165, 1.54) is 25.4 Å². The number of hydrogen-bond donors (Lipinski definition) is 0. The van der Waals surface area contributed by atoms with Crippen LogP contribution in [-0.4, -0.2) is 47.7 Å². The maximum Gasteiger partial charge on any atom is 0.339 e. The van der Waals surface area contributed by atoms with Crippen LogP contribution in [0, 0.1) is 5.92 Å². The fourth-order valence-corrected chi connectivity index (χ4v) is 3.10. The van der Waals surface area contributed by atoms with Crippen LogP contribution in [0.1, 0.15) is 44.0 Å². The summed E-state index contributed by atoms with van der Waals surface area (Å²) in [4.78, 5) is 42.3. The van der Waals surface area contributed by atoms with Gasteiger partial charge in [0, 0.05) is 30.8 Å². The van der Waals surface area contributed by atoms with Gasteiger partial charge in [-0.05, 0) is 25.0 Å². The lowest BCUT2D eigenvalue weighted by Crippen LogP contribution is -2.40. The predicted octanol–water partition coefficient (Wildman–Crippen LogP) is 2.60. The van der Waals surface area contributed by atoms with Gasteiger partial charge in [0.15, 0.2) is 5.78 Å². The number of rotatable bonds is 4. The summed E-state index contributed by atoms with van der Waals surface area (Å²) in [6.07, 6.45) is 2.62. The van der Waals surface area contributed by atoms with Gasteiger partial charge in [-0.2, -0.15) is 0 Å². The van der Waals surface area contributed by atoms with Crippen molar-refractivity contribution >= 4 is 17.7 Å². The molecule has 6 heteroatoms. The highest BCUT2D eigenvalue weighted by molar-refractivity contribution is 5.98. The van der Waals surface area contributed by atoms with Gasteiger partial charge in [0.05, 0.1) is 12.7 Å². The van der Waals surface area contributed by atoms with E-state index < -0.39 is 5.97 Å². The van der Waals surface area contributed by atoms with Gasteiger partial charge < -0.3 is 9.64 Å². The molecular formula is C20H20N2O4. The Labute approximate surface area is 151 Å². The number of ketones is 1. The molecule has 0 bridgehead atoms. The van der Waals surface area contributed by atoms with Crippen molar-refractivity contribution in [1.29, 1.82) is 0 Å². The number of likely N-dealkylation sites (tertiary alicyclic amines) is 1. The summed E-state index contributed by atoms with van der Waals surface area (Å²) >= 11 is 0. The van der Waals surface area contributed by atoms with Crippen molar-refractivity contribution in [1.82, 2.24) is 9.88 Å². The smallest absolute Gasteiger partial charge is 0.339 e. The maximum absolute atomic E-state index is 12.6. The van der Waals surface area contributed by atoms with Crippen LogP contribution in [0.25, 0.3) is 0 Å². The lowest BCUT2D eigenvalue weighted by atomic mass is 9.89. The molecule has 134 valence electrons. The largest absolute Gasteiger partial charge is 0.465 e. The minimum atomic E-state index is -0.489. The average Bonchev–Trinajstić information content (AvgIpc) is 2.73. The number of carbonyl (C=O) groups is 3. The van der Waals surface area contributed by atoms with Gasteiger partial charge in [-0.25, -0.2) is 4.79 Å². The molecule has 0 radical (unpaired) electrons. The molecule has 1 aliphatic rings. The Morgan fingerprint density at radius 1 is 1.00 bits per heavy atom. The molecule has 0 spiro atoms. The first-order valence-electron chi connectivity index (χ1n) is 8.53. The van der Waals surface area contributed by atoms with Crippen molar-refractivity contribution in [3.05, 3.63) is 65.5 Å². The van der Waals surface area contributed by atoms with Crippen LogP contribution in [-0.2, 0) is 4.74 Å². The number of pyridine rings is 1. The van der Waals surface area contributed by atoms with Crippen molar-refractivity contribution in [3.8, 4) is 0 Å². The quantitative estimate of drug-likeness (QED) is 0.624. The molecule has 2 heterocycles. The normalized spacial score (nSPS) is 14.7. The molecule has 0 aliphatic carbocycles. The van der Waals surface area contributed by atoms with Crippen LogP contribution >= 0.6 is 0 Å². The monoisotopic (exact) mass is 352 g/mol. The van der Waals surface area contributed by atoms with E-state index in [0.717, 1.165) is 5.56 Å². The molecule has 2 aromatic rings. The number of Topliss-reactive ketones (excluding diaryl/α,β-unsaturated/α-hetero) is 1. The summed E-state index contributed by atoms with van der Waals surface area (Å²) in [5, 5.41) is 0. The third-order valence-electron chi connectivity index (χ3n) is 4.61. The standard InChI is InChI=1S/C20H20N2O4/c1-26-20(25)16-7-8-17(21-13-16)19(24)22-11-9-15(10-12-22)18(23)14-5-3-2-4-6-14/h2-8,13,15H,9-12H2,1H3. The number of benzene rings is 1. The van der Waals surface area contributed by atoms with E-state index in [9.17, 15) is 14.4 Å². The number of aromatic nitrogens is 1. The van der Waals surface area contributed by atoms with Crippen LogP contribution in [0.3, 0.4) is 0 Å². The summed E-state index contributed by atoms with van der Waals surface area (Å²) < 4.78 is 4.62. The average molecular weight is 352 g/mol. The molecule has 6 nitrogen and oxygen atoms in total. The number of nitrogens with zero attached hydrogens (tertiary/aromatic N) is 2. The van der Waals surface area contributed by atoms with Gasteiger partial charge in [-0.15, -0.1) is 0 Å². The number of carbonyl (C=O) groups excluding carboxylic acids is 3. The molecule has 1 fully saturated rings. The third-order valence-corrected chi connectivity index (χ3v) is 4.61. The summed E-state index contributed by atoms with van der Waals surface area (Å²) in [5.41, 5.74) is 1.30. The summed E-state index contributed by atoms with van der Waals surface area (Å²) in [6, 6.07) is 12.3. The first kappa shape index (κ1) is 17.8. The van der Waals surface area contributed by atoms with Crippen molar-refractivity contribution in [2.75, 3.05) is 20.2 Å². The minimum Gasteiger partial charge on any atom is -0.465 e. The fraction of sp³-hybridized carbons (Fsp3) is 0.300. The van der Waals surface area contributed by atoms with E-state index in [1.54, 1.807) is 4.90 Å². The highest BCUT2D eigenvalue weighted by atomic mass is 16.5. The lowest BCUT2D eigenvalue weighted by Gasteiger charge is -2.31. The van der Waals surface area contributed by atoms with Crippen molar-refractivity contribution in [2.24, 2.45) is 5.92 Å². The van der Waals surface area contributed by atoms with Crippen LogP contribution in [0.15, 0.2) is 48.7 Å². The summed E-state index contributed by atoms with van der Waals surface area (Å²) in [5.74, 6) is -0.599. The second kappa shape index (κ2) is 7.91. The van der Waals surface area contributed by atoms with Gasteiger partial charge in [-0.1, -0.05) is 30.3 Å². The Bertz CT molecular complexity index is 794. The lowest BCUT2D eigenvalue weighted by molar-refractivity contribution is 0.0598. The number of methoxy groups -OCH3 is 1. The number of hydrogen-bond acceptors (Lipinski definition) is 5. The van der Waals surface area contributed by atoms with E-state index >= 15 is 0 Å². The van der Waals surface area contributed by atoms with Crippen LogP contribution in [0.4, 0.5) is 0 Å². The molecule has 26 heavy (non-hydrogen) atoms. The van der Waals surface area contributed by atoms with Crippen molar-refractivity contribution < 1.29 is 19.1 Å². The molecule has 0 unspecified atom stereocenters. The molecule has 3 rings (SSSR count). The van der Waals surface area contributed by atoms with Crippen LogP contribution in [0.5, 0.6) is 0 Å². The number of piperidine rings is 1. The van der Waals surface area contributed by atoms with Gasteiger partial charge in [-0.3, -0.25) is 14.6 Å².